The van der Waals surface area contributed by atoms with Crippen LogP contribution < -0.4 is 10.6 Å². The lowest BCUT2D eigenvalue weighted by molar-refractivity contribution is 0.637. The Morgan fingerprint density at radius 1 is 1.29 bits per heavy atom. The molecule has 94 valence electrons. The Kier molecular flexibility index (Phi) is 3.57. The van der Waals surface area contributed by atoms with E-state index >= 15 is 0 Å². The fraction of sp³-hybridized carbons (Fsp3) is 0.571. The number of hydrogen-bond donors (Lipinski definition) is 1. The normalized spacial score (nSPS) is 20.1. The molecule has 0 bridgehead atoms. The number of aryl methyl sites for hydroxylation is 1. The van der Waals surface area contributed by atoms with Gasteiger partial charge in [-0.2, -0.15) is 11.8 Å². The van der Waals surface area contributed by atoms with Crippen LogP contribution in [0.2, 0.25) is 0 Å². The molecule has 0 unspecified atom stereocenters. The highest BCUT2D eigenvalue weighted by Crippen LogP contribution is 2.35. The SMILES string of the molecule is Cc1cccc(N)c1N1CCSC(C)(C)CC1. The van der Waals surface area contributed by atoms with Gasteiger partial charge in [0.05, 0.1) is 11.4 Å². The summed E-state index contributed by atoms with van der Waals surface area (Å²) in [5.74, 6) is 1.18. The molecule has 0 saturated carbocycles. The number of hydrogen-bond acceptors (Lipinski definition) is 3. The predicted molar refractivity (Wildman–Crippen MR) is 79.0 cm³/mol. The second kappa shape index (κ2) is 4.81. The van der Waals surface area contributed by atoms with Crippen molar-refractivity contribution in [3.05, 3.63) is 23.8 Å². The van der Waals surface area contributed by atoms with Gasteiger partial charge in [-0.3, -0.25) is 0 Å². The van der Waals surface area contributed by atoms with Crippen molar-refractivity contribution in [2.75, 3.05) is 29.5 Å². The van der Waals surface area contributed by atoms with Crippen LogP contribution in [0.1, 0.15) is 25.8 Å². The molecule has 0 aliphatic carbocycles. The van der Waals surface area contributed by atoms with Crippen molar-refractivity contribution in [2.24, 2.45) is 0 Å². The molecule has 1 aromatic carbocycles. The molecular formula is C14H22N2S. The molecule has 1 saturated heterocycles. The maximum Gasteiger partial charge on any atom is 0.0629 e. The number of rotatable bonds is 1. The second-order valence-electron chi connectivity index (χ2n) is 5.36. The quantitative estimate of drug-likeness (QED) is 0.775. The zero-order valence-corrected chi connectivity index (χ0v) is 11.8. The number of nitrogens with zero attached hydrogens (tertiary/aromatic N) is 1. The highest BCUT2D eigenvalue weighted by Gasteiger charge is 2.24. The molecule has 2 N–H and O–H groups in total. The monoisotopic (exact) mass is 250 g/mol. The van der Waals surface area contributed by atoms with Crippen LogP contribution in [0.15, 0.2) is 18.2 Å². The number of para-hydroxylation sites is 1. The van der Waals surface area contributed by atoms with Crippen LogP contribution in [-0.4, -0.2) is 23.6 Å². The van der Waals surface area contributed by atoms with E-state index in [4.69, 9.17) is 5.73 Å². The van der Waals surface area contributed by atoms with Gasteiger partial charge in [-0.1, -0.05) is 26.0 Å². The molecule has 2 rings (SSSR count). The van der Waals surface area contributed by atoms with E-state index in [2.05, 4.69) is 43.5 Å². The third kappa shape index (κ3) is 2.89. The Balaban J connectivity index is 2.23. The van der Waals surface area contributed by atoms with E-state index in [1.165, 1.54) is 23.4 Å². The third-order valence-electron chi connectivity index (χ3n) is 3.42. The standard InChI is InChI=1S/C14H22N2S/c1-11-5-4-6-12(15)13(11)16-8-7-14(2,3)17-10-9-16/h4-6H,7-10,15H2,1-3H3. The number of benzene rings is 1. The molecule has 2 nitrogen and oxygen atoms in total. The van der Waals surface area contributed by atoms with Crippen molar-refractivity contribution in [3.8, 4) is 0 Å². The molecule has 0 amide bonds. The van der Waals surface area contributed by atoms with E-state index in [9.17, 15) is 0 Å². The summed E-state index contributed by atoms with van der Waals surface area (Å²) in [6.45, 7) is 9.03. The number of thioether (sulfide) groups is 1. The lowest BCUT2D eigenvalue weighted by Gasteiger charge is -2.27. The van der Waals surface area contributed by atoms with Gasteiger partial charge >= 0.3 is 0 Å². The van der Waals surface area contributed by atoms with E-state index < -0.39 is 0 Å². The summed E-state index contributed by atoms with van der Waals surface area (Å²) in [6, 6.07) is 6.19. The summed E-state index contributed by atoms with van der Waals surface area (Å²) in [5.41, 5.74) is 9.56. The third-order valence-corrected chi connectivity index (χ3v) is 4.80. The Hall–Kier alpha value is -0.830. The first-order valence-corrected chi connectivity index (χ1v) is 7.22. The molecule has 0 radical (unpaired) electrons. The minimum absolute atomic E-state index is 0.395. The summed E-state index contributed by atoms with van der Waals surface area (Å²) in [4.78, 5) is 2.45. The summed E-state index contributed by atoms with van der Waals surface area (Å²) < 4.78 is 0.395. The Labute approximate surface area is 109 Å². The van der Waals surface area contributed by atoms with Crippen molar-refractivity contribution in [1.82, 2.24) is 0 Å². The average molecular weight is 250 g/mol. The molecule has 1 aliphatic rings. The van der Waals surface area contributed by atoms with Crippen LogP contribution in [0.3, 0.4) is 0 Å². The Bertz CT molecular complexity index is 381. The first kappa shape index (κ1) is 12.6. The van der Waals surface area contributed by atoms with Crippen LogP contribution in [-0.2, 0) is 0 Å². The number of nitrogen functional groups attached to an aromatic ring is 1. The molecule has 17 heavy (non-hydrogen) atoms. The summed E-state index contributed by atoms with van der Waals surface area (Å²) in [6.07, 6.45) is 1.21. The second-order valence-corrected chi connectivity index (χ2v) is 7.16. The minimum Gasteiger partial charge on any atom is -0.397 e. The summed E-state index contributed by atoms with van der Waals surface area (Å²) in [7, 11) is 0. The van der Waals surface area contributed by atoms with Gasteiger partial charge in [0.15, 0.2) is 0 Å². The van der Waals surface area contributed by atoms with Gasteiger partial charge in [0, 0.05) is 23.6 Å². The van der Waals surface area contributed by atoms with Crippen molar-refractivity contribution in [1.29, 1.82) is 0 Å². The molecule has 1 aliphatic heterocycles. The molecule has 0 aromatic heterocycles. The van der Waals surface area contributed by atoms with Crippen LogP contribution in [0, 0.1) is 6.92 Å². The Morgan fingerprint density at radius 3 is 2.76 bits per heavy atom. The van der Waals surface area contributed by atoms with Crippen LogP contribution >= 0.6 is 11.8 Å². The molecule has 1 heterocycles. The van der Waals surface area contributed by atoms with E-state index in [0.717, 1.165) is 18.8 Å². The first-order valence-electron chi connectivity index (χ1n) is 6.24. The van der Waals surface area contributed by atoms with Crippen LogP contribution in [0.25, 0.3) is 0 Å². The van der Waals surface area contributed by atoms with Crippen molar-refractivity contribution >= 4 is 23.1 Å². The van der Waals surface area contributed by atoms with Gasteiger partial charge < -0.3 is 10.6 Å². The fourth-order valence-electron chi connectivity index (χ4n) is 2.36. The van der Waals surface area contributed by atoms with E-state index in [0.29, 0.717) is 4.75 Å². The van der Waals surface area contributed by atoms with Gasteiger partial charge in [-0.15, -0.1) is 0 Å². The van der Waals surface area contributed by atoms with Gasteiger partial charge in [0.25, 0.3) is 0 Å². The predicted octanol–water partition coefficient (Wildman–Crippen LogP) is 3.30. The fourth-order valence-corrected chi connectivity index (χ4v) is 3.46. The maximum atomic E-state index is 6.12. The highest BCUT2D eigenvalue weighted by atomic mass is 32.2. The summed E-state index contributed by atoms with van der Waals surface area (Å²) in [5, 5.41) is 0. The van der Waals surface area contributed by atoms with Crippen molar-refractivity contribution in [3.63, 3.8) is 0 Å². The maximum absolute atomic E-state index is 6.12. The topological polar surface area (TPSA) is 29.3 Å². The zero-order valence-electron chi connectivity index (χ0n) is 11.0. The van der Waals surface area contributed by atoms with Crippen LogP contribution in [0.5, 0.6) is 0 Å². The average Bonchev–Trinajstić information content (AvgIpc) is 2.40. The molecule has 1 fully saturated rings. The minimum atomic E-state index is 0.395. The first-order chi connectivity index (χ1) is 7.99. The van der Waals surface area contributed by atoms with Gasteiger partial charge in [-0.05, 0) is 25.0 Å². The number of anilines is 2. The largest absolute Gasteiger partial charge is 0.397 e. The molecule has 0 atom stereocenters. The molecule has 0 spiro atoms. The summed E-state index contributed by atoms with van der Waals surface area (Å²) >= 11 is 2.07. The lowest BCUT2D eigenvalue weighted by atomic mass is 10.1. The molecular weight excluding hydrogens is 228 g/mol. The van der Waals surface area contributed by atoms with Crippen LogP contribution in [0.4, 0.5) is 11.4 Å². The number of nitrogens with two attached hydrogens (primary N) is 1. The van der Waals surface area contributed by atoms with E-state index in [1.807, 2.05) is 12.1 Å². The van der Waals surface area contributed by atoms with Crippen molar-refractivity contribution in [2.45, 2.75) is 31.9 Å². The van der Waals surface area contributed by atoms with E-state index in [1.54, 1.807) is 0 Å². The Morgan fingerprint density at radius 2 is 2.06 bits per heavy atom. The highest BCUT2D eigenvalue weighted by molar-refractivity contribution is 8.00. The molecule has 1 aromatic rings. The van der Waals surface area contributed by atoms with Gasteiger partial charge in [-0.25, -0.2) is 0 Å². The lowest BCUT2D eigenvalue weighted by Crippen LogP contribution is -2.28. The molecule has 3 heteroatoms. The van der Waals surface area contributed by atoms with Gasteiger partial charge in [0.2, 0.25) is 0 Å². The van der Waals surface area contributed by atoms with Crippen molar-refractivity contribution < 1.29 is 0 Å². The van der Waals surface area contributed by atoms with Gasteiger partial charge in [0.1, 0.15) is 0 Å². The van der Waals surface area contributed by atoms with E-state index in [-0.39, 0.29) is 0 Å². The zero-order chi connectivity index (χ0) is 12.5. The smallest absolute Gasteiger partial charge is 0.0629 e.